The van der Waals surface area contributed by atoms with Gasteiger partial charge in [0.15, 0.2) is 17.7 Å². The summed E-state index contributed by atoms with van der Waals surface area (Å²) in [6, 6.07) is 5.31. The molecule has 0 aromatic heterocycles. The van der Waals surface area contributed by atoms with Gasteiger partial charge in [-0.1, -0.05) is 12.1 Å². The normalized spacial score (nSPS) is 12.9. The Bertz CT molecular complexity index is 420. The minimum atomic E-state index is -4.49. The van der Waals surface area contributed by atoms with E-state index >= 15 is 0 Å². The molecular weight excluding hydrogens is 254 g/mol. The van der Waals surface area contributed by atoms with E-state index in [1.165, 1.54) is 25.1 Å². The topological polar surface area (TPSA) is 38.3 Å². The Hall–Kier alpha value is -1.79. The summed E-state index contributed by atoms with van der Waals surface area (Å²) in [6.45, 7) is -0.213. The van der Waals surface area contributed by atoms with Crippen LogP contribution in [0.25, 0.3) is 0 Å². The van der Waals surface area contributed by atoms with Crippen molar-refractivity contribution in [1.29, 1.82) is 0 Å². The third kappa shape index (κ3) is 4.60. The highest BCUT2D eigenvalue weighted by molar-refractivity contribution is 5.80. The van der Waals surface area contributed by atoms with Gasteiger partial charge in [0, 0.05) is 0 Å². The second-order valence-corrected chi connectivity index (χ2v) is 3.52. The molecule has 100 valence electrons. The molecule has 1 unspecified atom stereocenters. The molecule has 18 heavy (non-hydrogen) atoms. The van der Waals surface area contributed by atoms with E-state index in [1.54, 1.807) is 5.32 Å². The minimum absolute atomic E-state index is 0.188. The number of halogens is 4. The number of carbonyl (C=O) groups is 1. The van der Waals surface area contributed by atoms with Gasteiger partial charge in [0.05, 0.1) is 0 Å². The van der Waals surface area contributed by atoms with E-state index in [9.17, 15) is 22.4 Å². The zero-order chi connectivity index (χ0) is 13.8. The number of amides is 1. The van der Waals surface area contributed by atoms with Crippen LogP contribution in [0.4, 0.5) is 17.6 Å². The molecule has 0 saturated heterocycles. The van der Waals surface area contributed by atoms with Crippen LogP contribution in [0.3, 0.4) is 0 Å². The second kappa shape index (κ2) is 5.70. The lowest BCUT2D eigenvalue weighted by Crippen LogP contribution is -2.41. The molecule has 0 spiro atoms. The fourth-order valence-corrected chi connectivity index (χ4v) is 1.12. The highest BCUT2D eigenvalue weighted by Crippen LogP contribution is 2.17. The number of hydrogen-bond donors (Lipinski definition) is 1. The number of benzene rings is 1. The molecule has 0 aliphatic carbocycles. The fourth-order valence-electron chi connectivity index (χ4n) is 1.12. The third-order valence-corrected chi connectivity index (χ3v) is 1.97. The van der Waals surface area contributed by atoms with Gasteiger partial charge in [-0.05, 0) is 19.1 Å². The number of carbonyl (C=O) groups excluding carboxylic acids is 1. The third-order valence-electron chi connectivity index (χ3n) is 1.97. The maximum Gasteiger partial charge on any atom is 0.405 e. The van der Waals surface area contributed by atoms with E-state index in [-0.39, 0.29) is 5.75 Å². The monoisotopic (exact) mass is 265 g/mol. The van der Waals surface area contributed by atoms with E-state index in [0.717, 1.165) is 6.07 Å². The van der Waals surface area contributed by atoms with Gasteiger partial charge in [-0.2, -0.15) is 13.2 Å². The molecule has 0 radical (unpaired) electrons. The zero-order valence-electron chi connectivity index (χ0n) is 9.42. The van der Waals surface area contributed by atoms with Crippen LogP contribution in [0.1, 0.15) is 6.92 Å². The molecule has 0 fully saturated rings. The number of nitrogens with one attached hydrogen (secondary N) is 1. The second-order valence-electron chi connectivity index (χ2n) is 3.52. The molecule has 1 aromatic rings. The van der Waals surface area contributed by atoms with Gasteiger partial charge in [0.25, 0.3) is 5.91 Å². The van der Waals surface area contributed by atoms with Gasteiger partial charge in [-0.25, -0.2) is 4.39 Å². The molecule has 1 atom stereocenters. The summed E-state index contributed by atoms with van der Waals surface area (Å²) in [7, 11) is 0. The van der Waals surface area contributed by atoms with Crippen LogP contribution in [-0.4, -0.2) is 24.7 Å². The van der Waals surface area contributed by atoms with Crippen molar-refractivity contribution in [3.05, 3.63) is 30.1 Å². The van der Waals surface area contributed by atoms with Crippen molar-refractivity contribution in [2.24, 2.45) is 0 Å². The SMILES string of the molecule is CC(Oc1ccccc1F)C(=O)NCC(F)(F)F. The van der Waals surface area contributed by atoms with Crippen LogP contribution in [0, 0.1) is 5.82 Å². The van der Waals surface area contributed by atoms with Crippen molar-refractivity contribution in [3.63, 3.8) is 0 Å². The maximum absolute atomic E-state index is 13.2. The number of hydrogen-bond acceptors (Lipinski definition) is 2. The van der Waals surface area contributed by atoms with Crippen molar-refractivity contribution in [2.45, 2.75) is 19.2 Å². The first kappa shape index (κ1) is 14.3. The van der Waals surface area contributed by atoms with Gasteiger partial charge in [-0.3, -0.25) is 4.79 Å². The number of rotatable bonds is 4. The van der Waals surface area contributed by atoms with Crippen molar-refractivity contribution >= 4 is 5.91 Å². The summed E-state index contributed by atoms with van der Waals surface area (Å²) in [5.41, 5.74) is 0. The Morgan fingerprint density at radius 2 is 2.00 bits per heavy atom. The Balaban J connectivity index is 2.53. The van der Waals surface area contributed by atoms with Crippen molar-refractivity contribution in [1.82, 2.24) is 5.32 Å². The first-order chi connectivity index (χ1) is 8.29. The van der Waals surface area contributed by atoms with Crippen LogP contribution in [0.15, 0.2) is 24.3 Å². The molecular formula is C11H11F4NO2. The van der Waals surface area contributed by atoms with Crippen LogP contribution >= 0.6 is 0 Å². The zero-order valence-corrected chi connectivity index (χ0v) is 9.42. The van der Waals surface area contributed by atoms with Crippen LogP contribution < -0.4 is 10.1 Å². The molecule has 0 bridgehead atoms. The maximum atomic E-state index is 13.2. The molecule has 1 N–H and O–H groups in total. The molecule has 1 rings (SSSR count). The molecule has 0 aliphatic rings. The number of para-hydroxylation sites is 1. The molecule has 0 aliphatic heterocycles. The Kier molecular flexibility index (Phi) is 4.52. The Morgan fingerprint density at radius 3 is 2.56 bits per heavy atom. The van der Waals surface area contributed by atoms with Crippen molar-refractivity contribution < 1.29 is 27.1 Å². The fraction of sp³-hybridized carbons (Fsp3) is 0.364. The Labute approximate surface area is 101 Å². The largest absolute Gasteiger partial charge is 0.478 e. The lowest BCUT2D eigenvalue weighted by atomic mass is 10.3. The molecule has 1 aromatic carbocycles. The lowest BCUT2D eigenvalue weighted by Gasteiger charge is -2.15. The minimum Gasteiger partial charge on any atom is -0.478 e. The van der Waals surface area contributed by atoms with E-state index in [1.807, 2.05) is 0 Å². The van der Waals surface area contributed by atoms with E-state index in [4.69, 9.17) is 4.74 Å². The van der Waals surface area contributed by atoms with E-state index < -0.39 is 30.5 Å². The molecule has 0 heterocycles. The number of ether oxygens (including phenoxy) is 1. The highest BCUT2D eigenvalue weighted by Gasteiger charge is 2.29. The van der Waals surface area contributed by atoms with Gasteiger partial charge in [-0.15, -0.1) is 0 Å². The standard InChI is InChI=1S/C11H11F4NO2/c1-7(10(17)16-6-11(13,14)15)18-9-5-3-2-4-8(9)12/h2-5,7H,6H2,1H3,(H,16,17). The summed E-state index contributed by atoms with van der Waals surface area (Å²) >= 11 is 0. The molecule has 0 saturated carbocycles. The molecule has 7 heteroatoms. The van der Waals surface area contributed by atoms with Gasteiger partial charge in [0.1, 0.15) is 6.54 Å². The van der Waals surface area contributed by atoms with Crippen LogP contribution in [-0.2, 0) is 4.79 Å². The van der Waals surface area contributed by atoms with Crippen molar-refractivity contribution in [2.75, 3.05) is 6.54 Å². The average Bonchev–Trinajstić information content (AvgIpc) is 2.28. The summed E-state index contributed by atoms with van der Waals surface area (Å²) in [5, 5.41) is 1.65. The number of alkyl halides is 3. The highest BCUT2D eigenvalue weighted by atomic mass is 19.4. The Morgan fingerprint density at radius 1 is 1.39 bits per heavy atom. The first-order valence-corrected chi connectivity index (χ1v) is 5.05. The molecule has 1 amide bonds. The van der Waals surface area contributed by atoms with Gasteiger partial charge in [0.2, 0.25) is 0 Å². The van der Waals surface area contributed by atoms with Crippen LogP contribution in [0.5, 0.6) is 5.75 Å². The predicted octanol–water partition coefficient (Wildman–Crippen LogP) is 2.27. The quantitative estimate of drug-likeness (QED) is 0.848. The molecule has 3 nitrogen and oxygen atoms in total. The van der Waals surface area contributed by atoms with Crippen LogP contribution in [0.2, 0.25) is 0 Å². The summed E-state index contributed by atoms with van der Waals surface area (Å²) < 4.78 is 53.6. The lowest BCUT2D eigenvalue weighted by molar-refractivity contribution is -0.142. The summed E-state index contributed by atoms with van der Waals surface area (Å²) in [4.78, 5) is 11.2. The summed E-state index contributed by atoms with van der Waals surface area (Å²) in [5.74, 6) is -1.84. The first-order valence-electron chi connectivity index (χ1n) is 5.05. The van der Waals surface area contributed by atoms with Gasteiger partial charge >= 0.3 is 6.18 Å². The summed E-state index contributed by atoms with van der Waals surface area (Å²) in [6.07, 6.45) is -5.71. The van der Waals surface area contributed by atoms with Crippen molar-refractivity contribution in [3.8, 4) is 5.75 Å². The predicted molar refractivity (Wildman–Crippen MR) is 55.6 cm³/mol. The van der Waals surface area contributed by atoms with Gasteiger partial charge < -0.3 is 10.1 Å². The average molecular weight is 265 g/mol. The van der Waals surface area contributed by atoms with E-state index in [2.05, 4.69) is 0 Å². The smallest absolute Gasteiger partial charge is 0.405 e. The van der Waals surface area contributed by atoms with E-state index in [0.29, 0.717) is 0 Å².